The molecule has 0 heterocycles. The van der Waals surface area contributed by atoms with Crippen molar-refractivity contribution < 1.29 is 9.90 Å². The van der Waals surface area contributed by atoms with Gasteiger partial charge < -0.3 is 15.7 Å². The van der Waals surface area contributed by atoms with Gasteiger partial charge in [-0.3, -0.25) is 0 Å². The number of carbonyl (C=O) groups is 1. The first kappa shape index (κ1) is 12.2. The molecule has 5 heteroatoms. The van der Waals surface area contributed by atoms with Crippen molar-refractivity contribution in [1.82, 2.24) is 10.6 Å². The van der Waals surface area contributed by atoms with Crippen molar-refractivity contribution in [3.05, 3.63) is 34.9 Å². The molecule has 1 fully saturated rings. The number of rotatable bonds is 4. The van der Waals surface area contributed by atoms with Crippen LogP contribution in [-0.4, -0.2) is 23.7 Å². The maximum absolute atomic E-state index is 11.3. The summed E-state index contributed by atoms with van der Waals surface area (Å²) < 4.78 is 0. The van der Waals surface area contributed by atoms with Crippen molar-refractivity contribution in [2.75, 3.05) is 6.54 Å². The molecular weight excluding hydrogens is 240 g/mol. The maximum atomic E-state index is 11.3. The Morgan fingerprint density at radius 2 is 2.06 bits per heavy atom. The lowest BCUT2D eigenvalue weighted by Crippen LogP contribution is -2.38. The van der Waals surface area contributed by atoms with Crippen LogP contribution in [0.5, 0.6) is 0 Å². The van der Waals surface area contributed by atoms with Gasteiger partial charge in [-0.2, -0.15) is 0 Å². The van der Waals surface area contributed by atoms with Gasteiger partial charge in [0.1, 0.15) is 0 Å². The lowest BCUT2D eigenvalue weighted by molar-refractivity contribution is 0.173. The summed E-state index contributed by atoms with van der Waals surface area (Å²) in [5, 5.41) is 15.9. The standard InChI is InChI=1S/C12H15ClN2O2/c13-9-3-1-8(2-4-9)11(16)7-14-12(17)15-10-5-6-10/h1-4,10-11,16H,5-7H2,(H2,14,15,17). The molecule has 0 aromatic heterocycles. The molecule has 0 spiro atoms. The van der Waals surface area contributed by atoms with E-state index in [1.54, 1.807) is 24.3 Å². The second kappa shape index (κ2) is 5.38. The van der Waals surface area contributed by atoms with Gasteiger partial charge in [0, 0.05) is 17.6 Å². The van der Waals surface area contributed by atoms with Crippen molar-refractivity contribution in [3.63, 3.8) is 0 Å². The second-order valence-electron chi connectivity index (χ2n) is 4.20. The quantitative estimate of drug-likeness (QED) is 0.768. The van der Waals surface area contributed by atoms with Crippen LogP contribution in [0.1, 0.15) is 24.5 Å². The molecule has 0 aliphatic heterocycles. The number of urea groups is 1. The molecule has 1 unspecified atom stereocenters. The lowest BCUT2D eigenvalue weighted by Gasteiger charge is -2.12. The Kier molecular flexibility index (Phi) is 3.86. The average Bonchev–Trinajstić information content (AvgIpc) is 3.11. The summed E-state index contributed by atoms with van der Waals surface area (Å²) in [5.74, 6) is 0. The highest BCUT2D eigenvalue weighted by Gasteiger charge is 2.23. The minimum Gasteiger partial charge on any atom is -0.387 e. The van der Waals surface area contributed by atoms with Crippen molar-refractivity contribution in [1.29, 1.82) is 0 Å². The van der Waals surface area contributed by atoms with E-state index in [2.05, 4.69) is 10.6 Å². The summed E-state index contributed by atoms with van der Waals surface area (Å²) in [7, 11) is 0. The Bertz CT molecular complexity index is 390. The molecule has 92 valence electrons. The van der Waals surface area contributed by atoms with Gasteiger partial charge in [0.05, 0.1) is 6.10 Å². The molecule has 1 aliphatic carbocycles. The van der Waals surface area contributed by atoms with Crippen LogP contribution in [0.2, 0.25) is 5.02 Å². The highest BCUT2D eigenvalue weighted by molar-refractivity contribution is 6.30. The SMILES string of the molecule is O=C(NCC(O)c1ccc(Cl)cc1)NC1CC1. The molecule has 17 heavy (non-hydrogen) atoms. The molecule has 1 aliphatic rings. The first-order valence-corrected chi connectivity index (χ1v) is 6.01. The third kappa shape index (κ3) is 3.91. The smallest absolute Gasteiger partial charge is 0.315 e. The number of carbonyl (C=O) groups excluding carboxylic acids is 1. The number of hydrogen-bond acceptors (Lipinski definition) is 2. The normalized spacial score (nSPS) is 16.4. The maximum Gasteiger partial charge on any atom is 0.315 e. The molecule has 1 saturated carbocycles. The van der Waals surface area contributed by atoms with Crippen LogP contribution in [0.25, 0.3) is 0 Å². The van der Waals surface area contributed by atoms with Gasteiger partial charge >= 0.3 is 6.03 Å². The number of hydrogen-bond donors (Lipinski definition) is 3. The molecule has 4 nitrogen and oxygen atoms in total. The van der Waals surface area contributed by atoms with Gasteiger partial charge in [-0.05, 0) is 30.5 Å². The molecule has 0 radical (unpaired) electrons. The molecule has 2 rings (SSSR count). The molecule has 1 aromatic rings. The van der Waals surface area contributed by atoms with Crippen LogP contribution in [0.15, 0.2) is 24.3 Å². The average molecular weight is 255 g/mol. The number of halogens is 1. The van der Waals surface area contributed by atoms with E-state index in [0.29, 0.717) is 11.1 Å². The topological polar surface area (TPSA) is 61.4 Å². The highest BCUT2D eigenvalue weighted by Crippen LogP contribution is 2.18. The zero-order valence-corrected chi connectivity index (χ0v) is 10.1. The van der Waals surface area contributed by atoms with E-state index in [0.717, 1.165) is 18.4 Å². The summed E-state index contributed by atoms with van der Waals surface area (Å²) >= 11 is 5.75. The number of aliphatic hydroxyl groups is 1. The van der Waals surface area contributed by atoms with Crippen LogP contribution < -0.4 is 10.6 Å². The summed E-state index contributed by atoms with van der Waals surface area (Å²) in [5.41, 5.74) is 0.737. The second-order valence-corrected chi connectivity index (χ2v) is 4.63. The molecule has 1 aromatic carbocycles. The van der Waals surface area contributed by atoms with Gasteiger partial charge in [-0.15, -0.1) is 0 Å². The first-order valence-electron chi connectivity index (χ1n) is 5.63. The largest absolute Gasteiger partial charge is 0.387 e. The fourth-order valence-corrected chi connectivity index (χ4v) is 1.58. The van der Waals surface area contributed by atoms with Gasteiger partial charge in [-0.1, -0.05) is 23.7 Å². The minimum atomic E-state index is -0.711. The lowest BCUT2D eigenvalue weighted by atomic mass is 10.1. The van der Waals surface area contributed by atoms with Crippen LogP contribution in [0.3, 0.4) is 0 Å². The van der Waals surface area contributed by atoms with Crippen LogP contribution in [0, 0.1) is 0 Å². The van der Waals surface area contributed by atoms with Crippen LogP contribution >= 0.6 is 11.6 Å². The first-order chi connectivity index (χ1) is 8.15. The van der Waals surface area contributed by atoms with Gasteiger partial charge in [0.2, 0.25) is 0 Å². The zero-order valence-electron chi connectivity index (χ0n) is 9.32. The number of benzene rings is 1. The Balaban J connectivity index is 1.77. The third-order valence-corrected chi connectivity index (χ3v) is 2.88. The van der Waals surface area contributed by atoms with E-state index in [-0.39, 0.29) is 12.6 Å². The van der Waals surface area contributed by atoms with Crippen molar-refractivity contribution in [3.8, 4) is 0 Å². The monoisotopic (exact) mass is 254 g/mol. The molecule has 2 amide bonds. The fourth-order valence-electron chi connectivity index (χ4n) is 1.46. The predicted molar refractivity (Wildman–Crippen MR) is 66.0 cm³/mol. The summed E-state index contributed by atoms with van der Waals surface area (Å²) in [6, 6.07) is 7.01. The molecule has 1 atom stereocenters. The van der Waals surface area contributed by atoms with E-state index < -0.39 is 6.10 Å². The van der Waals surface area contributed by atoms with Gasteiger partial charge in [-0.25, -0.2) is 4.79 Å². The molecule has 3 N–H and O–H groups in total. The Labute approximate surface area is 105 Å². The minimum absolute atomic E-state index is 0.195. The highest BCUT2D eigenvalue weighted by atomic mass is 35.5. The summed E-state index contributed by atoms with van der Waals surface area (Å²) in [6.45, 7) is 0.195. The van der Waals surface area contributed by atoms with E-state index in [1.807, 2.05) is 0 Å². The van der Waals surface area contributed by atoms with Gasteiger partial charge in [0.15, 0.2) is 0 Å². The predicted octanol–water partition coefficient (Wildman–Crippen LogP) is 1.83. The summed E-state index contributed by atoms with van der Waals surface area (Å²) in [4.78, 5) is 11.3. The van der Waals surface area contributed by atoms with Crippen molar-refractivity contribution in [2.45, 2.75) is 25.0 Å². The Morgan fingerprint density at radius 1 is 1.41 bits per heavy atom. The van der Waals surface area contributed by atoms with Crippen molar-refractivity contribution >= 4 is 17.6 Å². The van der Waals surface area contributed by atoms with Crippen LogP contribution in [0.4, 0.5) is 4.79 Å². The number of amides is 2. The Morgan fingerprint density at radius 3 is 2.65 bits per heavy atom. The van der Waals surface area contributed by atoms with Crippen LogP contribution in [-0.2, 0) is 0 Å². The van der Waals surface area contributed by atoms with Crippen molar-refractivity contribution in [2.24, 2.45) is 0 Å². The molecule has 0 bridgehead atoms. The summed E-state index contributed by atoms with van der Waals surface area (Å²) in [6.07, 6.45) is 1.39. The third-order valence-electron chi connectivity index (χ3n) is 2.62. The fraction of sp³-hybridized carbons (Fsp3) is 0.417. The molecular formula is C12H15ClN2O2. The van der Waals surface area contributed by atoms with E-state index in [1.165, 1.54) is 0 Å². The Hall–Kier alpha value is -1.26. The number of aliphatic hydroxyl groups excluding tert-OH is 1. The molecule has 0 saturated heterocycles. The van der Waals surface area contributed by atoms with E-state index in [4.69, 9.17) is 11.6 Å². The van der Waals surface area contributed by atoms with E-state index >= 15 is 0 Å². The van der Waals surface area contributed by atoms with E-state index in [9.17, 15) is 9.90 Å². The zero-order chi connectivity index (χ0) is 12.3. The van der Waals surface area contributed by atoms with Gasteiger partial charge in [0.25, 0.3) is 0 Å². The number of nitrogens with one attached hydrogen (secondary N) is 2.